The van der Waals surface area contributed by atoms with Crippen LogP contribution in [0.1, 0.15) is 49.7 Å². The van der Waals surface area contributed by atoms with Gasteiger partial charge in [0.25, 0.3) is 0 Å². The van der Waals surface area contributed by atoms with Gasteiger partial charge in [0.05, 0.1) is 0 Å². The van der Waals surface area contributed by atoms with Crippen LogP contribution in [0, 0.1) is 5.92 Å². The van der Waals surface area contributed by atoms with Gasteiger partial charge in [-0.05, 0) is 65.8 Å². The monoisotopic (exact) mass is 408 g/mol. The molecule has 0 aliphatic heterocycles. The summed E-state index contributed by atoms with van der Waals surface area (Å²) in [5.41, 5.74) is 3.61. The Kier molecular flexibility index (Phi) is 6.62. The topological polar surface area (TPSA) is 17.1 Å². The lowest BCUT2D eigenvalue weighted by atomic mass is 9.77. The minimum Gasteiger partial charge on any atom is -0.295 e. The van der Waals surface area contributed by atoms with Crippen LogP contribution in [-0.4, -0.2) is 5.78 Å². The van der Waals surface area contributed by atoms with Crippen LogP contribution in [0.2, 0.25) is 0 Å². The Bertz CT molecular complexity index is 777. The van der Waals surface area contributed by atoms with Crippen molar-refractivity contribution in [1.29, 1.82) is 0 Å². The van der Waals surface area contributed by atoms with E-state index in [1.54, 1.807) is 6.08 Å². The summed E-state index contributed by atoms with van der Waals surface area (Å²) in [6, 6.07) is 20.9. The van der Waals surface area contributed by atoms with Gasteiger partial charge in [0.15, 0.2) is 5.78 Å². The lowest BCUT2D eigenvalue weighted by Gasteiger charge is -2.27. The molecule has 0 aromatic heterocycles. The molecule has 2 aromatic rings. The molecule has 1 fully saturated rings. The third kappa shape index (κ3) is 4.82. The summed E-state index contributed by atoms with van der Waals surface area (Å²) in [5.74, 6) is 1.03. The van der Waals surface area contributed by atoms with E-state index in [1.165, 1.54) is 5.56 Å². The van der Waals surface area contributed by atoms with Gasteiger partial charge in [-0.3, -0.25) is 4.79 Å². The maximum Gasteiger partial charge on any atom is 0.158 e. The van der Waals surface area contributed by atoms with Crippen LogP contribution in [0.25, 0.3) is 5.57 Å². The fourth-order valence-corrected chi connectivity index (χ4v) is 4.13. The van der Waals surface area contributed by atoms with E-state index >= 15 is 0 Å². The van der Waals surface area contributed by atoms with Crippen LogP contribution in [-0.2, 0) is 4.79 Å². The molecule has 1 nitrogen and oxygen atoms in total. The summed E-state index contributed by atoms with van der Waals surface area (Å²) in [6.45, 7) is 2.02. The van der Waals surface area contributed by atoms with Crippen molar-refractivity contribution < 1.29 is 4.79 Å². The predicted octanol–water partition coefficient (Wildman–Crippen LogP) is 6.91. The van der Waals surface area contributed by atoms with E-state index in [0.29, 0.717) is 5.92 Å². The number of carbonyl (C=O) groups excluding carboxylic acids is 1. The molecule has 3 rings (SSSR count). The van der Waals surface area contributed by atoms with Crippen LogP contribution in [0.3, 0.4) is 0 Å². The number of halogens is 1. The van der Waals surface area contributed by atoms with E-state index in [9.17, 15) is 4.79 Å². The molecule has 0 heterocycles. The van der Waals surface area contributed by atoms with Crippen LogP contribution in [0.4, 0.5) is 0 Å². The normalized spacial score (nSPS) is 21.5. The standard InChI is InChI=1S/C24H25BrO/c1-18(25)23(21-10-6-3-7-11-21)16-17-24(26)22-14-12-20(13-15-22)19-8-4-2-5-9-19/h2-11,16-17,20,22H,12-15H2,1H3. The fraction of sp³-hybridized carbons (Fsp3) is 0.292. The lowest BCUT2D eigenvalue weighted by Crippen LogP contribution is -2.19. The van der Waals surface area contributed by atoms with Crippen LogP contribution in [0.15, 0.2) is 77.3 Å². The Hall–Kier alpha value is -1.93. The van der Waals surface area contributed by atoms with Crippen LogP contribution in [0.5, 0.6) is 0 Å². The van der Waals surface area contributed by atoms with Gasteiger partial charge in [0, 0.05) is 5.92 Å². The highest BCUT2D eigenvalue weighted by molar-refractivity contribution is 9.11. The number of ketones is 1. The number of carbonyl (C=O) groups is 1. The van der Waals surface area contributed by atoms with Gasteiger partial charge in [0.1, 0.15) is 0 Å². The van der Waals surface area contributed by atoms with E-state index in [4.69, 9.17) is 0 Å². The number of hydrogen-bond acceptors (Lipinski definition) is 1. The molecule has 1 aliphatic rings. The zero-order chi connectivity index (χ0) is 18.4. The predicted molar refractivity (Wildman–Crippen MR) is 113 cm³/mol. The molecule has 0 unspecified atom stereocenters. The van der Waals surface area contributed by atoms with Crippen molar-refractivity contribution in [3.63, 3.8) is 0 Å². The summed E-state index contributed by atoms with van der Waals surface area (Å²) < 4.78 is 1.04. The van der Waals surface area contributed by atoms with E-state index in [-0.39, 0.29) is 11.7 Å². The van der Waals surface area contributed by atoms with Gasteiger partial charge in [-0.1, -0.05) is 82.7 Å². The molecule has 0 bridgehead atoms. The van der Waals surface area contributed by atoms with Gasteiger partial charge in [-0.2, -0.15) is 0 Å². The van der Waals surface area contributed by atoms with Crippen molar-refractivity contribution in [3.8, 4) is 0 Å². The average molecular weight is 409 g/mol. The Morgan fingerprint density at radius 1 is 0.885 bits per heavy atom. The highest BCUT2D eigenvalue weighted by Gasteiger charge is 2.25. The molecule has 2 aromatic carbocycles. The summed E-state index contributed by atoms with van der Waals surface area (Å²) >= 11 is 3.57. The lowest BCUT2D eigenvalue weighted by molar-refractivity contribution is -0.119. The molecule has 1 aliphatic carbocycles. The molecule has 2 heteroatoms. The molecule has 0 spiro atoms. The first-order chi connectivity index (χ1) is 12.6. The highest BCUT2D eigenvalue weighted by atomic mass is 79.9. The number of allylic oxidation sites excluding steroid dienone is 4. The van der Waals surface area contributed by atoms with E-state index in [2.05, 4.69) is 58.4 Å². The molecule has 0 atom stereocenters. The minimum absolute atomic E-state index is 0.166. The molecular weight excluding hydrogens is 384 g/mol. The molecular formula is C24H25BrO. The van der Waals surface area contributed by atoms with Crippen molar-refractivity contribution >= 4 is 27.3 Å². The Morgan fingerprint density at radius 3 is 2.04 bits per heavy atom. The highest BCUT2D eigenvalue weighted by Crippen LogP contribution is 2.36. The first-order valence-corrected chi connectivity index (χ1v) is 10.1. The molecule has 134 valence electrons. The molecule has 1 saturated carbocycles. The Morgan fingerprint density at radius 2 is 1.46 bits per heavy atom. The Balaban J connectivity index is 1.62. The van der Waals surface area contributed by atoms with Gasteiger partial charge in [0.2, 0.25) is 0 Å². The average Bonchev–Trinajstić information content (AvgIpc) is 2.69. The number of rotatable bonds is 5. The quantitative estimate of drug-likeness (QED) is 0.387. The van der Waals surface area contributed by atoms with E-state index in [0.717, 1.165) is 41.3 Å². The van der Waals surface area contributed by atoms with Crippen molar-refractivity contribution in [2.75, 3.05) is 0 Å². The maximum absolute atomic E-state index is 12.7. The van der Waals surface area contributed by atoms with Crippen molar-refractivity contribution in [1.82, 2.24) is 0 Å². The summed E-state index contributed by atoms with van der Waals surface area (Å²) in [6.07, 6.45) is 7.92. The molecule has 0 N–H and O–H groups in total. The third-order valence-electron chi connectivity index (χ3n) is 5.27. The molecule has 0 amide bonds. The Labute approximate surface area is 165 Å². The second-order valence-corrected chi connectivity index (χ2v) is 8.20. The van der Waals surface area contributed by atoms with Gasteiger partial charge >= 0.3 is 0 Å². The zero-order valence-corrected chi connectivity index (χ0v) is 16.8. The molecule has 0 radical (unpaired) electrons. The first kappa shape index (κ1) is 18.8. The van der Waals surface area contributed by atoms with Gasteiger partial charge in [-0.25, -0.2) is 0 Å². The maximum atomic E-state index is 12.7. The SMILES string of the molecule is CC(Br)=C(C=CC(=O)C1CCC(c2ccccc2)CC1)c1ccccc1. The number of hydrogen-bond donors (Lipinski definition) is 0. The molecule has 26 heavy (non-hydrogen) atoms. The minimum atomic E-state index is 0.166. The van der Waals surface area contributed by atoms with Crippen LogP contribution >= 0.6 is 15.9 Å². The van der Waals surface area contributed by atoms with E-state index in [1.807, 2.05) is 31.2 Å². The van der Waals surface area contributed by atoms with Crippen LogP contribution < -0.4 is 0 Å². The third-order valence-corrected chi connectivity index (χ3v) is 5.70. The van der Waals surface area contributed by atoms with Crippen molar-refractivity contribution in [3.05, 3.63) is 88.4 Å². The van der Waals surface area contributed by atoms with Crippen molar-refractivity contribution in [2.45, 2.75) is 38.5 Å². The summed E-state index contributed by atoms with van der Waals surface area (Å²) in [5, 5.41) is 0. The smallest absolute Gasteiger partial charge is 0.158 e. The summed E-state index contributed by atoms with van der Waals surface area (Å²) in [7, 11) is 0. The zero-order valence-electron chi connectivity index (χ0n) is 15.2. The van der Waals surface area contributed by atoms with Gasteiger partial charge < -0.3 is 0 Å². The van der Waals surface area contributed by atoms with Crippen molar-refractivity contribution in [2.24, 2.45) is 5.92 Å². The largest absolute Gasteiger partial charge is 0.295 e. The molecule has 0 saturated heterocycles. The fourth-order valence-electron chi connectivity index (χ4n) is 3.77. The van der Waals surface area contributed by atoms with E-state index < -0.39 is 0 Å². The first-order valence-electron chi connectivity index (χ1n) is 9.34. The summed E-state index contributed by atoms with van der Waals surface area (Å²) in [4.78, 5) is 12.7. The van der Waals surface area contributed by atoms with Gasteiger partial charge in [-0.15, -0.1) is 0 Å². The number of benzene rings is 2. The second kappa shape index (κ2) is 9.14. The second-order valence-electron chi connectivity index (χ2n) is 7.01.